The van der Waals surface area contributed by atoms with Gasteiger partial charge in [-0.05, 0) is 41.8 Å². The molecule has 0 heterocycles. The molecule has 0 fully saturated rings. The summed E-state index contributed by atoms with van der Waals surface area (Å²) < 4.78 is 0. The Morgan fingerprint density at radius 2 is 0.923 bits per heavy atom. The smallest absolute Gasteiger partial charge is 0.0178 e. The van der Waals surface area contributed by atoms with E-state index >= 15 is 0 Å². The summed E-state index contributed by atoms with van der Waals surface area (Å²) in [6, 6.07) is 25.5. The van der Waals surface area contributed by atoms with E-state index < -0.39 is 0 Å². The van der Waals surface area contributed by atoms with Crippen LogP contribution in [0.3, 0.4) is 0 Å². The van der Waals surface area contributed by atoms with Gasteiger partial charge in [0.25, 0.3) is 0 Å². The number of benzene rings is 3. The van der Waals surface area contributed by atoms with Crippen LogP contribution in [0.4, 0.5) is 0 Å². The predicted octanol–water partition coefficient (Wildman–Crippen LogP) is 9.17. The zero-order valence-electron chi connectivity index (χ0n) is 18.1. The van der Waals surface area contributed by atoms with Crippen molar-refractivity contribution in [3.63, 3.8) is 0 Å². The molecule has 0 saturated carbocycles. The molecule has 0 atom stereocenters. The van der Waals surface area contributed by atoms with Gasteiger partial charge in [-0.1, -0.05) is 120 Å². The van der Waals surface area contributed by atoms with E-state index in [0.717, 1.165) is 0 Å². The van der Waals surface area contributed by atoms with Crippen molar-refractivity contribution >= 4 is 10.8 Å². The fourth-order valence-electron chi connectivity index (χ4n) is 2.00. The summed E-state index contributed by atoms with van der Waals surface area (Å²) in [4.78, 5) is 0. The highest BCUT2D eigenvalue weighted by Gasteiger charge is 1.97. The van der Waals surface area contributed by atoms with Crippen LogP contribution in [0.25, 0.3) is 21.9 Å². The number of allylic oxidation sites excluding steroid dienone is 2. The largest absolute Gasteiger partial charge is 0.0919 e. The Balaban J connectivity index is 0. The normalized spacial score (nSPS) is 8.62. The third-order valence-electron chi connectivity index (χ3n) is 3.19. The molecule has 0 N–H and O–H groups in total. The summed E-state index contributed by atoms with van der Waals surface area (Å²) in [5.74, 6) is 0. The van der Waals surface area contributed by atoms with Crippen LogP contribution in [-0.4, -0.2) is 0 Å². The molecule has 26 heavy (non-hydrogen) atoms. The molecule has 0 aliphatic carbocycles. The highest BCUT2D eigenvalue weighted by atomic mass is 14.0. The molecule has 0 nitrogen and oxygen atoms in total. The summed E-state index contributed by atoms with van der Waals surface area (Å²) in [6.07, 6.45) is 4.00. The van der Waals surface area contributed by atoms with Crippen molar-refractivity contribution in [1.82, 2.24) is 0 Å². The van der Waals surface area contributed by atoms with E-state index in [1.54, 1.807) is 0 Å². The van der Waals surface area contributed by atoms with Gasteiger partial charge in [0.1, 0.15) is 0 Å². The fourth-order valence-corrected chi connectivity index (χ4v) is 2.00. The van der Waals surface area contributed by atoms with Crippen LogP contribution in [-0.2, 0) is 0 Å². The Morgan fingerprint density at radius 1 is 0.462 bits per heavy atom. The molecule has 0 aliphatic heterocycles. The van der Waals surface area contributed by atoms with E-state index in [1.807, 2.05) is 73.6 Å². The van der Waals surface area contributed by atoms with Crippen molar-refractivity contribution in [1.29, 1.82) is 0 Å². The SMILES string of the molecule is C/C=C/C.CC.CC.CC.c1ccc(-c2ccc3ccccc3c2)cc1. The highest BCUT2D eigenvalue weighted by molar-refractivity contribution is 5.87. The Morgan fingerprint density at radius 3 is 1.42 bits per heavy atom. The Hall–Kier alpha value is -2.34. The predicted molar refractivity (Wildman–Crippen MR) is 124 cm³/mol. The molecule has 0 unspecified atom stereocenters. The second-order valence-corrected chi connectivity index (χ2v) is 4.59. The first-order chi connectivity index (χ1) is 12.8. The van der Waals surface area contributed by atoms with Crippen LogP contribution < -0.4 is 0 Å². The van der Waals surface area contributed by atoms with Crippen molar-refractivity contribution in [3.05, 3.63) is 84.9 Å². The Bertz CT molecular complexity index is 674. The topological polar surface area (TPSA) is 0 Å². The summed E-state index contributed by atoms with van der Waals surface area (Å²) >= 11 is 0. The second-order valence-electron chi connectivity index (χ2n) is 4.59. The lowest BCUT2D eigenvalue weighted by molar-refractivity contribution is 1.50. The minimum Gasteiger partial charge on any atom is -0.0919 e. The van der Waals surface area contributed by atoms with Gasteiger partial charge in [0.15, 0.2) is 0 Å². The highest BCUT2D eigenvalue weighted by Crippen LogP contribution is 2.23. The molecule has 0 bridgehead atoms. The summed E-state index contributed by atoms with van der Waals surface area (Å²) in [5.41, 5.74) is 2.55. The van der Waals surface area contributed by atoms with Crippen LogP contribution in [0.1, 0.15) is 55.4 Å². The van der Waals surface area contributed by atoms with Crippen molar-refractivity contribution in [2.24, 2.45) is 0 Å². The minimum absolute atomic E-state index is 1.27. The molecule has 3 aromatic rings. The first-order valence-electron chi connectivity index (χ1n) is 9.96. The standard InChI is InChI=1S/C16H12.C4H8.3C2H6/c1-2-6-13(7-3-1)16-11-10-14-8-4-5-9-15(14)12-16;1-3-4-2;3*1-2/h1-12H;3-4H,1-2H3;3*1-2H3/b;4-3+;;;. The van der Waals surface area contributed by atoms with Gasteiger partial charge < -0.3 is 0 Å². The fraction of sp³-hybridized carbons (Fsp3) is 0.308. The number of hydrogen-bond acceptors (Lipinski definition) is 0. The van der Waals surface area contributed by atoms with E-state index in [0.29, 0.717) is 0 Å². The van der Waals surface area contributed by atoms with Gasteiger partial charge in [0.2, 0.25) is 0 Å². The van der Waals surface area contributed by atoms with Crippen LogP contribution in [0.5, 0.6) is 0 Å². The van der Waals surface area contributed by atoms with Crippen molar-refractivity contribution in [2.75, 3.05) is 0 Å². The van der Waals surface area contributed by atoms with Gasteiger partial charge >= 0.3 is 0 Å². The third-order valence-corrected chi connectivity index (χ3v) is 3.19. The average Bonchev–Trinajstić information content (AvgIpc) is 2.78. The van der Waals surface area contributed by atoms with Gasteiger partial charge in [0.05, 0.1) is 0 Å². The maximum Gasteiger partial charge on any atom is -0.0178 e. The lowest BCUT2D eigenvalue weighted by Crippen LogP contribution is -1.77. The van der Waals surface area contributed by atoms with Crippen LogP contribution in [0.15, 0.2) is 84.9 Å². The molecular formula is C26H38. The number of rotatable bonds is 1. The number of hydrogen-bond donors (Lipinski definition) is 0. The molecule has 3 rings (SSSR count). The van der Waals surface area contributed by atoms with E-state index in [2.05, 4.69) is 66.7 Å². The molecule has 0 aliphatic rings. The van der Waals surface area contributed by atoms with Gasteiger partial charge in [-0.3, -0.25) is 0 Å². The average molecular weight is 351 g/mol. The summed E-state index contributed by atoms with van der Waals surface area (Å²) in [6.45, 7) is 16.0. The lowest BCUT2D eigenvalue weighted by Gasteiger charge is -2.03. The van der Waals surface area contributed by atoms with Crippen molar-refractivity contribution in [3.8, 4) is 11.1 Å². The van der Waals surface area contributed by atoms with Crippen LogP contribution >= 0.6 is 0 Å². The summed E-state index contributed by atoms with van der Waals surface area (Å²) in [7, 11) is 0. The molecule has 0 saturated heterocycles. The quantitative estimate of drug-likeness (QED) is 0.384. The van der Waals surface area contributed by atoms with Gasteiger partial charge in [-0.15, -0.1) is 0 Å². The van der Waals surface area contributed by atoms with Crippen molar-refractivity contribution < 1.29 is 0 Å². The van der Waals surface area contributed by atoms with Crippen molar-refractivity contribution in [2.45, 2.75) is 55.4 Å². The van der Waals surface area contributed by atoms with E-state index in [1.165, 1.54) is 21.9 Å². The molecule has 3 aromatic carbocycles. The van der Waals surface area contributed by atoms with Gasteiger partial charge in [-0.25, -0.2) is 0 Å². The van der Waals surface area contributed by atoms with E-state index in [4.69, 9.17) is 0 Å². The third kappa shape index (κ3) is 9.84. The molecular weight excluding hydrogens is 312 g/mol. The molecule has 0 amide bonds. The monoisotopic (exact) mass is 350 g/mol. The zero-order chi connectivity index (χ0) is 20.2. The van der Waals surface area contributed by atoms with Gasteiger partial charge in [0, 0.05) is 0 Å². The Kier molecular flexibility index (Phi) is 18.9. The number of fused-ring (bicyclic) bond motifs is 1. The van der Waals surface area contributed by atoms with Crippen LogP contribution in [0, 0.1) is 0 Å². The minimum atomic E-state index is 1.27. The molecule has 0 radical (unpaired) electrons. The first-order valence-corrected chi connectivity index (χ1v) is 9.96. The van der Waals surface area contributed by atoms with E-state index in [-0.39, 0.29) is 0 Å². The van der Waals surface area contributed by atoms with Gasteiger partial charge in [-0.2, -0.15) is 0 Å². The van der Waals surface area contributed by atoms with Crippen LogP contribution in [0.2, 0.25) is 0 Å². The zero-order valence-corrected chi connectivity index (χ0v) is 18.1. The maximum atomic E-state index is 2.24. The molecule has 142 valence electrons. The summed E-state index contributed by atoms with van der Waals surface area (Å²) in [5, 5.41) is 2.59. The molecule has 0 heteroatoms. The van der Waals surface area contributed by atoms with E-state index in [9.17, 15) is 0 Å². The lowest BCUT2D eigenvalue weighted by atomic mass is 10.0. The maximum absolute atomic E-state index is 2.24. The molecule has 0 spiro atoms. The second kappa shape index (κ2) is 19.0. The molecule has 0 aromatic heterocycles. The Labute approximate surface area is 162 Å². The first kappa shape index (κ1) is 25.9.